The maximum absolute atomic E-state index is 9.67. The summed E-state index contributed by atoms with van der Waals surface area (Å²) in [5.41, 5.74) is 0. The highest BCUT2D eigenvalue weighted by atomic mass is 19.4. The molecule has 0 atom stereocenters. The van der Waals surface area contributed by atoms with Gasteiger partial charge in [-0.25, -0.2) is 0 Å². The van der Waals surface area contributed by atoms with Crippen LogP contribution in [0.3, 0.4) is 0 Å². The second-order valence-electron chi connectivity index (χ2n) is 4.40. The Morgan fingerprint density at radius 2 is 1.56 bits per heavy atom. The summed E-state index contributed by atoms with van der Waals surface area (Å²) in [5, 5.41) is 0. The molecule has 0 aromatic carbocycles. The number of alkyl halides is 3. The van der Waals surface area contributed by atoms with Gasteiger partial charge in [-0.05, 0) is 20.8 Å². The van der Waals surface area contributed by atoms with Gasteiger partial charge in [-0.3, -0.25) is 0 Å². The van der Waals surface area contributed by atoms with E-state index in [9.17, 15) is 13.2 Å². The minimum atomic E-state index is -3.67. The minimum absolute atomic E-state index is 0.382. The second kappa shape index (κ2) is 7.90. The summed E-state index contributed by atoms with van der Waals surface area (Å²) < 4.78 is 35.9. The number of rotatable bonds is 4. The summed E-state index contributed by atoms with van der Waals surface area (Å²) in [5.74, 6) is 0. The molecule has 1 fully saturated rings. The van der Waals surface area contributed by atoms with Crippen molar-refractivity contribution in [2.24, 2.45) is 0 Å². The van der Waals surface area contributed by atoms with Crippen molar-refractivity contribution in [2.75, 3.05) is 26.4 Å². The van der Waals surface area contributed by atoms with Gasteiger partial charge in [0.1, 0.15) is 0 Å². The van der Waals surface area contributed by atoms with Gasteiger partial charge in [-0.2, -0.15) is 13.2 Å². The Kier molecular flexibility index (Phi) is 7.76. The van der Waals surface area contributed by atoms with Crippen molar-refractivity contribution < 1.29 is 22.4 Å². The lowest BCUT2D eigenvalue weighted by Gasteiger charge is -2.33. The van der Waals surface area contributed by atoms with E-state index in [0.717, 1.165) is 6.73 Å². The maximum Gasteiger partial charge on any atom is 0.379 e. The Morgan fingerprint density at radius 1 is 1.12 bits per heavy atom. The maximum atomic E-state index is 9.67. The van der Waals surface area contributed by atoms with Crippen molar-refractivity contribution in [1.82, 2.24) is 0 Å². The number of hydrogen-bond donors (Lipinski definition) is 0. The lowest BCUT2D eigenvalue weighted by molar-refractivity contribution is -0.934. The highest BCUT2D eigenvalue weighted by Gasteiger charge is 2.30. The van der Waals surface area contributed by atoms with Gasteiger partial charge >= 0.3 is 6.68 Å². The van der Waals surface area contributed by atoms with E-state index in [-0.39, 0.29) is 0 Å². The van der Waals surface area contributed by atoms with Crippen LogP contribution in [0.15, 0.2) is 0 Å². The summed E-state index contributed by atoms with van der Waals surface area (Å²) in [6, 6.07) is 0. The molecule has 0 aromatic rings. The SMILES string of the molecule is CC[N+]1(COC(C)C)CCCC1.FC(F)F. The Balaban J connectivity index is 0.000000487. The van der Waals surface area contributed by atoms with Gasteiger partial charge in [-0.15, -0.1) is 0 Å². The summed E-state index contributed by atoms with van der Waals surface area (Å²) in [4.78, 5) is 0. The van der Waals surface area contributed by atoms with Crippen LogP contribution in [-0.2, 0) is 4.74 Å². The number of likely N-dealkylation sites (tertiary alicyclic amines) is 1. The predicted molar refractivity (Wildman–Crippen MR) is 58.0 cm³/mol. The van der Waals surface area contributed by atoms with Gasteiger partial charge in [0, 0.05) is 12.8 Å². The van der Waals surface area contributed by atoms with Crippen molar-refractivity contribution in [3.05, 3.63) is 0 Å². The Labute approximate surface area is 96.0 Å². The first-order valence-corrected chi connectivity index (χ1v) is 5.81. The van der Waals surface area contributed by atoms with E-state index in [2.05, 4.69) is 20.8 Å². The van der Waals surface area contributed by atoms with E-state index >= 15 is 0 Å². The number of halogens is 3. The number of hydrogen-bond acceptors (Lipinski definition) is 1. The molecule has 1 aliphatic rings. The Morgan fingerprint density at radius 3 is 1.88 bits per heavy atom. The molecule has 2 nitrogen and oxygen atoms in total. The molecule has 0 N–H and O–H groups in total. The number of quaternary nitrogens is 1. The Bertz CT molecular complexity index is 168. The van der Waals surface area contributed by atoms with E-state index in [0.29, 0.717) is 6.10 Å². The second-order valence-corrected chi connectivity index (χ2v) is 4.40. The van der Waals surface area contributed by atoms with E-state index in [1.165, 1.54) is 37.0 Å². The zero-order valence-corrected chi connectivity index (χ0v) is 10.4. The molecule has 98 valence electrons. The third kappa shape index (κ3) is 7.06. The first kappa shape index (κ1) is 15.7. The van der Waals surface area contributed by atoms with E-state index in [1.807, 2.05) is 0 Å². The molecule has 0 saturated carbocycles. The van der Waals surface area contributed by atoms with Crippen molar-refractivity contribution in [3.8, 4) is 0 Å². The van der Waals surface area contributed by atoms with Crippen LogP contribution in [-0.4, -0.2) is 43.6 Å². The lowest BCUT2D eigenvalue weighted by Crippen LogP contribution is -2.47. The van der Waals surface area contributed by atoms with Crippen molar-refractivity contribution in [2.45, 2.75) is 46.4 Å². The van der Waals surface area contributed by atoms with E-state index in [4.69, 9.17) is 4.74 Å². The standard InChI is InChI=1S/C10H22NO.CHF3/c1-4-11(7-5-6-8-11)9-12-10(2)3;2-1(3)4/h10H,4-9H2,1-3H3;1H/q+1;. The van der Waals surface area contributed by atoms with Gasteiger partial charge in [0.2, 0.25) is 0 Å². The fourth-order valence-corrected chi connectivity index (χ4v) is 1.85. The molecule has 16 heavy (non-hydrogen) atoms. The van der Waals surface area contributed by atoms with Crippen LogP contribution >= 0.6 is 0 Å². The number of nitrogens with zero attached hydrogens (tertiary/aromatic N) is 1. The molecule has 1 heterocycles. The van der Waals surface area contributed by atoms with Crippen LogP contribution in [0.25, 0.3) is 0 Å². The molecular formula is C11H23F3NO+. The highest BCUT2D eigenvalue weighted by molar-refractivity contribution is 4.51. The molecule has 0 spiro atoms. The topological polar surface area (TPSA) is 9.23 Å². The van der Waals surface area contributed by atoms with Crippen molar-refractivity contribution in [3.63, 3.8) is 0 Å². The molecule has 0 radical (unpaired) electrons. The monoisotopic (exact) mass is 242 g/mol. The molecule has 0 bridgehead atoms. The van der Waals surface area contributed by atoms with Crippen LogP contribution in [0, 0.1) is 0 Å². The fraction of sp³-hybridized carbons (Fsp3) is 1.00. The van der Waals surface area contributed by atoms with Crippen molar-refractivity contribution >= 4 is 0 Å². The van der Waals surface area contributed by atoms with E-state index in [1.54, 1.807) is 0 Å². The first-order valence-electron chi connectivity index (χ1n) is 5.81. The molecule has 1 rings (SSSR count). The van der Waals surface area contributed by atoms with Gasteiger partial charge in [0.05, 0.1) is 25.7 Å². The molecule has 0 aromatic heterocycles. The van der Waals surface area contributed by atoms with Crippen LogP contribution in [0.2, 0.25) is 0 Å². The van der Waals surface area contributed by atoms with Gasteiger partial charge in [0.25, 0.3) is 0 Å². The third-order valence-corrected chi connectivity index (χ3v) is 2.87. The molecular weight excluding hydrogens is 219 g/mol. The molecule has 0 unspecified atom stereocenters. The smallest absolute Gasteiger partial charge is 0.329 e. The largest absolute Gasteiger partial charge is 0.379 e. The average molecular weight is 242 g/mol. The average Bonchev–Trinajstić information content (AvgIpc) is 2.63. The third-order valence-electron chi connectivity index (χ3n) is 2.87. The number of ether oxygens (including phenoxy) is 1. The van der Waals surface area contributed by atoms with Crippen LogP contribution in [0.5, 0.6) is 0 Å². The molecule has 1 saturated heterocycles. The van der Waals surface area contributed by atoms with Crippen LogP contribution in [0.1, 0.15) is 33.6 Å². The van der Waals surface area contributed by atoms with Gasteiger partial charge in [-0.1, -0.05) is 0 Å². The zero-order valence-electron chi connectivity index (χ0n) is 10.4. The summed E-state index contributed by atoms with van der Waals surface area (Å²) in [6.07, 6.45) is 3.15. The minimum Gasteiger partial charge on any atom is -0.329 e. The lowest BCUT2D eigenvalue weighted by atomic mass is 10.4. The first-order chi connectivity index (χ1) is 7.42. The van der Waals surface area contributed by atoms with Gasteiger partial charge in [0.15, 0.2) is 6.73 Å². The molecule has 1 aliphatic heterocycles. The molecule has 0 aliphatic carbocycles. The van der Waals surface area contributed by atoms with Crippen LogP contribution in [0.4, 0.5) is 13.2 Å². The van der Waals surface area contributed by atoms with Crippen molar-refractivity contribution in [1.29, 1.82) is 0 Å². The fourth-order valence-electron chi connectivity index (χ4n) is 1.85. The highest BCUT2D eigenvalue weighted by Crippen LogP contribution is 2.19. The summed E-state index contributed by atoms with van der Waals surface area (Å²) in [6.45, 7) is 7.63. The van der Waals surface area contributed by atoms with Crippen LogP contribution < -0.4 is 0 Å². The van der Waals surface area contributed by atoms with Gasteiger partial charge < -0.3 is 9.22 Å². The zero-order chi connectivity index (χ0) is 12.6. The summed E-state index contributed by atoms with van der Waals surface area (Å²) in [7, 11) is 0. The quantitative estimate of drug-likeness (QED) is 0.688. The Hall–Kier alpha value is -0.290. The summed E-state index contributed by atoms with van der Waals surface area (Å²) >= 11 is 0. The van der Waals surface area contributed by atoms with E-state index < -0.39 is 6.68 Å². The predicted octanol–water partition coefficient (Wildman–Crippen LogP) is 3.18. The normalized spacial score (nSPS) is 18.8. The molecule has 0 amide bonds. The molecule has 5 heteroatoms.